The molecule has 4 saturated carbocycles. The number of hydrogen-bond acceptors (Lipinski definition) is 19. The summed E-state index contributed by atoms with van der Waals surface area (Å²) in [6.45, 7) is 13.6. The van der Waals surface area contributed by atoms with Crippen molar-refractivity contribution in [3.05, 3.63) is 11.6 Å². The fraction of sp³-hybridized carbons (Fsp3) is 0.938. The zero-order valence-electron chi connectivity index (χ0n) is 40.1. The number of fused-ring (bicyclic) bond motifs is 7. The molecule has 384 valence electrons. The molecule has 0 amide bonds. The smallest absolute Gasteiger partial charge is 0.337 e. The molecule has 0 radical (unpaired) electrons. The van der Waals surface area contributed by atoms with Crippen LogP contribution >= 0.6 is 0 Å². The van der Waals surface area contributed by atoms with Crippen LogP contribution in [0.25, 0.3) is 0 Å². The first-order valence-electron chi connectivity index (χ1n) is 24.4. The van der Waals surface area contributed by atoms with Crippen LogP contribution in [0.4, 0.5) is 0 Å². The number of aliphatic hydroxyl groups excluding tert-OH is 10. The standard InChI is InChI=1S/C48H78O19/c1-21-29(52)31(54)35(58)40(62-21)66-37-32(55)30(53)24(19-49)63-41(37)67-38-34(57)33(56)36(39(59)61-8)65-42(38)64-28-12-13-44(4)25(45(28,5)20-50)11-14-47(7)26(44)10-9-22-23-17-43(2,3)18-27(51)48(23,60)16-15-46(22,47)6/h9,21,23-38,40-42,49-58,60H,10-20H2,1-8H3/t21-,23-,24+,25+,26+,27+,28-,29-,30+,31+,32-,33-,34-,35+,36-,37+,38+,40-,41-,42+,44-,45+,46+,47+,48-/m0/s1. The number of methoxy groups -OCH3 is 1. The van der Waals surface area contributed by atoms with Crippen LogP contribution in [0.15, 0.2) is 11.6 Å². The van der Waals surface area contributed by atoms with Crippen LogP contribution in [0.1, 0.15) is 106 Å². The van der Waals surface area contributed by atoms with Gasteiger partial charge in [0.15, 0.2) is 25.0 Å². The molecule has 7 fully saturated rings. The van der Waals surface area contributed by atoms with Gasteiger partial charge in [-0.25, -0.2) is 4.79 Å². The van der Waals surface area contributed by atoms with Crippen molar-refractivity contribution < 1.29 is 94.1 Å². The number of rotatable bonds is 9. The van der Waals surface area contributed by atoms with Crippen LogP contribution < -0.4 is 0 Å². The van der Waals surface area contributed by atoms with Gasteiger partial charge in [-0.15, -0.1) is 0 Å². The van der Waals surface area contributed by atoms with Crippen molar-refractivity contribution in [2.75, 3.05) is 20.3 Å². The lowest BCUT2D eigenvalue weighted by Gasteiger charge is -2.71. The molecule has 3 heterocycles. The molecular weight excluding hydrogens is 881 g/mol. The van der Waals surface area contributed by atoms with Gasteiger partial charge in [0.1, 0.15) is 61.0 Å². The van der Waals surface area contributed by atoms with Crippen LogP contribution in [-0.4, -0.2) is 192 Å². The molecule has 0 aromatic carbocycles. The number of carbonyl (C=O) groups is 1. The highest BCUT2D eigenvalue weighted by atomic mass is 16.8. The third-order valence-electron chi connectivity index (χ3n) is 19.2. The van der Waals surface area contributed by atoms with E-state index in [9.17, 15) is 61.0 Å². The van der Waals surface area contributed by atoms with Gasteiger partial charge in [0.05, 0.1) is 44.2 Å². The topological polar surface area (TPSA) is 304 Å². The summed E-state index contributed by atoms with van der Waals surface area (Å²) in [5, 5.41) is 122. The summed E-state index contributed by atoms with van der Waals surface area (Å²) in [4.78, 5) is 13.1. The Kier molecular flexibility index (Phi) is 14.1. The second-order valence-corrected chi connectivity index (χ2v) is 23.3. The van der Waals surface area contributed by atoms with E-state index in [-0.39, 0.29) is 46.0 Å². The van der Waals surface area contributed by atoms with Gasteiger partial charge in [-0.3, -0.25) is 0 Å². The van der Waals surface area contributed by atoms with E-state index in [4.69, 9.17) is 33.2 Å². The third-order valence-corrected chi connectivity index (χ3v) is 19.2. The summed E-state index contributed by atoms with van der Waals surface area (Å²) in [5.41, 5.74) is -1.74. The van der Waals surface area contributed by atoms with Crippen molar-refractivity contribution in [2.45, 2.75) is 216 Å². The molecule has 8 aliphatic rings. The van der Waals surface area contributed by atoms with E-state index in [1.54, 1.807) is 0 Å². The zero-order valence-corrected chi connectivity index (χ0v) is 40.1. The number of aliphatic hydroxyl groups is 11. The maximum absolute atomic E-state index is 13.1. The molecule has 3 saturated heterocycles. The zero-order chi connectivity index (χ0) is 49.1. The van der Waals surface area contributed by atoms with E-state index in [1.165, 1.54) is 12.5 Å². The van der Waals surface area contributed by atoms with E-state index >= 15 is 0 Å². The Hall–Kier alpha value is -1.47. The van der Waals surface area contributed by atoms with Crippen LogP contribution in [0.5, 0.6) is 0 Å². The Bertz CT molecular complexity index is 1840. The molecule has 3 aliphatic heterocycles. The summed E-state index contributed by atoms with van der Waals surface area (Å²) in [6.07, 6.45) is -19.0. The van der Waals surface area contributed by atoms with E-state index in [1.807, 2.05) is 6.92 Å². The molecule has 0 unspecified atom stereocenters. The van der Waals surface area contributed by atoms with Gasteiger partial charge >= 0.3 is 5.97 Å². The molecule has 0 bridgehead atoms. The third kappa shape index (κ3) is 8.10. The molecule has 25 atom stereocenters. The van der Waals surface area contributed by atoms with Gasteiger partial charge in [0, 0.05) is 11.3 Å². The van der Waals surface area contributed by atoms with Crippen molar-refractivity contribution in [2.24, 2.45) is 44.8 Å². The highest BCUT2D eigenvalue weighted by Crippen LogP contribution is 2.75. The summed E-state index contributed by atoms with van der Waals surface area (Å²) >= 11 is 0. The maximum Gasteiger partial charge on any atom is 0.337 e. The average molecular weight is 959 g/mol. The highest BCUT2D eigenvalue weighted by molar-refractivity contribution is 5.75. The molecule has 5 aliphatic carbocycles. The van der Waals surface area contributed by atoms with Crippen molar-refractivity contribution in [3.8, 4) is 0 Å². The Morgan fingerprint density at radius 1 is 0.701 bits per heavy atom. The molecule has 0 aromatic heterocycles. The van der Waals surface area contributed by atoms with Crippen molar-refractivity contribution >= 4 is 5.97 Å². The number of carbonyl (C=O) groups excluding carboxylic acids is 1. The Balaban J connectivity index is 1.08. The lowest BCUT2D eigenvalue weighted by atomic mass is 9.34. The van der Waals surface area contributed by atoms with Gasteiger partial charge < -0.3 is 89.3 Å². The average Bonchev–Trinajstić information content (AvgIpc) is 3.28. The molecule has 0 aromatic rings. The SMILES string of the molecule is COC(=O)[C@H]1O[C@@H](O[C@H]2CC[C@@]3(C)[C@@H](CC[C@]4(C)[C@@H]3CC=C3[C@@H]5CC(C)(C)C[C@@H](O)[C@]5(O)CC[C@]34C)[C@@]2(C)CO)[C@H](O[C@@H]2O[C@H](CO)[C@@H](O)[C@H](O)[C@H]2O[C@@H]2O[C@@H](C)[C@H](O)[C@@H](O)[C@H]2O)[C@@H](O)[C@@H]1O. The first-order valence-corrected chi connectivity index (χ1v) is 24.4. The van der Waals surface area contributed by atoms with Crippen molar-refractivity contribution in [1.29, 1.82) is 0 Å². The molecule has 67 heavy (non-hydrogen) atoms. The lowest BCUT2D eigenvalue weighted by Crippen LogP contribution is -2.69. The molecule has 0 spiro atoms. The quantitative estimate of drug-likeness (QED) is 0.0790. The molecular formula is C48H78O19. The van der Waals surface area contributed by atoms with Crippen LogP contribution in [-0.2, 0) is 38.0 Å². The van der Waals surface area contributed by atoms with Crippen molar-refractivity contribution in [3.63, 3.8) is 0 Å². The molecule has 19 nitrogen and oxygen atoms in total. The van der Waals surface area contributed by atoms with Crippen molar-refractivity contribution in [1.82, 2.24) is 0 Å². The van der Waals surface area contributed by atoms with Gasteiger partial charge in [-0.1, -0.05) is 53.2 Å². The first kappa shape index (κ1) is 51.9. The summed E-state index contributed by atoms with van der Waals surface area (Å²) in [7, 11) is 1.08. The fourth-order valence-corrected chi connectivity index (χ4v) is 15.0. The highest BCUT2D eigenvalue weighted by Gasteiger charge is 2.70. The predicted octanol–water partition coefficient (Wildman–Crippen LogP) is -0.482. The van der Waals surface area contributed by atoms with E-state index < -0.39 is 128 Å². The minimum Gasteiger partial charge on any atom is -0.467 e. The summed E-state index contributed by atoms with van der Waals surface area (Å²) < 4.78 is 41.5. The van der Waals surface area contributed by atoms with Crippen LogP contribution in [0.2, 0.25) is 0 Å². The van der Waals surface area contributed by atoms with Gasteiger partial charge in [-0.05, 0) is 98.2 Å². The molecule has 8 rings (SSSR count). The lowest BCUT2D eigenvalue weighted by molar-refractivity contribution is -0.396. The Morgan fingerprint density at radius 2 is 1.34 bits per heavy atom. The Labute approximate surface area is 392 Å². The normalized spacial score (nSPS) is 55.2. The van der Waals surface area contributed by atoms with E-state index in [0.29, 0.717) is 25.7 Å². The summed E-state index contributed by atoms with van der Waals surface area (Å²) in [5.74, 6) is -1.11. The minimum absolute atomic E-state index is 0.106. The first-order chi connectivity index (χ1) is 31.3. The second-order valence-electron chi connectivity index (χ2n) is 23.3. The number of ether oxygens (including phenoxy) is 7. The number of esters is 1. The summed E-state index contributed by atoms with van der Waals surface area (Å²) in [6, 6.07) is 0. The van der Waals surface area contributed by atoms with E-state index in [2.05, 4.69) is 40.7 Å². The monoisotopic (exact) mass is 959 g/mol. The van der Waals surface area contributed by atoms with Crippen LogP contribution in [0.3, 0.4) is 0 Å². The predicted molar refractivity (Wildman–Crippen MR) is 232 cm³/mol. The van der Waals surface area contributed by atoms with Crippen LogP contribution in [0, 0.1) is 44.8 Å². The largest absolute Gasteiger partial charge is 0.467 e. The maximum atomic E-state index is 13.1. The number of hydrogen-bond donors (Lipinski definition) is 11. The minimum atomic E-state index is -1.96. The second kappa shape index (κ2) is 18.2. The fourth-order valence-electron chi connectivity index (χ4n) is 15.0. The van der Waals surface area contributed by atoms with Gasteiger partial charge in [-0.2, -0.15) is 0 Å². The number of allylic oxidation sites excluding steroid dienone is 1. The molecule has 11 N–H and O–H groups in total. The Morgan fingerprint density at radius 3 is 1.99 bits per heavy atom. The van der Waals surface area contributed by atoms with Gasteiger partial charge in [0.2, 0.25) is 0 Å². The van der Waals surface area contributed by atoms with E-state index in [0.717, 1.165) is 39.2 Å². The van der Waals surface area contributed by atoms with Gasteiger partial charge in [0.25, 0.3) is 0 Å². The molecule has 19 heteroatoms.